The molecule has 0 saturated carbocycles. The summed E-state index contributed by atoms with van der Waals surface area (Å²) < 4.78 is 0. The van der Waals surface area contributed by atoms with Crippen LogP contribution in [0.1, 0.15) is 5.56 Å². The summed E-state index contributed by atoms with van der Waals surface area (Å²) in [7, 11) is 0. The minimum absolute atomic E-state index is 0.238. The third kappa shape index (κ3) is 4.09. The molecule has 0 heterocycles. The van der Waals surface area contributed by atoms with E-state index in [9.17, 15) is 20.0 Å². The topological polar surface area (TPSA) is 116 Å². The number of anilines is 1. The zero-order chi connectivity index (χ0) is 17.7. The number of halogens is 1. The standard InChI is InChI=1S/C16H10ClN3O4/c17-12-2-4-13(5-3-12)19-16(22)11(9-18)7-10-1-6-15(21)14(8-10)20(23)24/h1-8,21H,(H,19,22)/b11-7-. The van der Waals surface area contributed by atoms with Crippen LogP contribution in [0.15, 0.2) is 48.0 Å². The number of hydrogen-bond donors (Lipinski definition) is 2. The van der Waals surface area contributed by atoms with Gasteiger partial charge in [-0.05, 0) is 42.0 Å². The summed E-state index contributed by atoms with van der Waals surface area (Å²) in [5.41, 5.74) is -0.0753. The summed E-state index contributed by atoms with van der Waals surface area (Å²) in [4.78, 5) is 22.1. The first-order valence-electron chi connectivity index (χ1n) is 6.57. The van der Waals surface area contributed by atoms with Crippen LogP contribution in [0.25, 0.3) is 6.08 Å². The Morgan fingerprint density at radius 2 is 1.96 bits per heavy atom. The van der Waals surface area contributed by atoms with Crippen molar-refractivity contribution in [3.8, 4) is 11.8 Å². The van der Waals surface area contributed by atoms with Crippen LogP contribution in [0.3, 0.4) is 0 Å². The van der Waals surface area contributed by atoms with Crippen LogP contribution in [0, 0.1) is 21.4 Å². The van der Waals surface area contributed by atoms with Gasteiger partial charge in [0.15, 0.2) is 5.75 Å². The molecule has 0 spiro atoms. The lowest BCUT2D eigenvalue weighted by atomic mass is 10.1. The Morgan fingerprint density at radius 1 is 1.29 bits per heavy atom. The first-order valence-corrected chi connectivity index (χ1v) is 6.94. The van der Waals surface area contributed by atoms with Crippen molar-refractivity contribution in [3.63, 3.8) is 0 Å². The Labute approximate surface area is 141 Å². The summed E-state index contributed by atoms with van der Waals surface area (Å²) in [6.45, 7) is 0. The number of nitro groups is 1. The molecule has 2 rings (SSSR count). The number of phenols is 1. The van der Waals surface area contributed by atoms with Crippen LogP contribution in [0.4, 0.5) is 11.4 Å². The third-order valence-corrected chi connectivity index (χ3v) is 3.23. The van der Waals surface area contributed by atoms with Crippen molar-refractivity contribution in [2.45, 2.75) is 0 Å². The molecule has 0 aliphatic carbocycles. The van der Waals surface area contributed by atoms with Crippen LogP contribution in [-0.2, 0) is 4.79 Å². The number of nitriles is 1. The number of carbonyl (C=O) groups excluding carboxylic acids is 1. The Balaban J connectivity index is 2.27. The van der Waals surface area contributed by atoms with Crippen molar-refractivity contribution < 1.29 is 14.8 Å². The molecule has 0 aliphatic heterocycles. The molecule has 0 aromatic heterocycles. The quantitative estimate of drug-likeness (QED) is 0.381. The highest BCUT2D eigenvalue weighted by Gasteiger charge is 2.15. The van der Waals surface area contributed by atoms with Crippen LogP contribution in [0.2, 0.25) is 5.02 Å². The van der Waals surface area contributed by atoms with Gasteiger partial charge in [-0.1, -0.05) is 17.7 Å². The van der Waals surface area contributed by atoms with Gasteiger partial charge in [-0.25, -0.2) is 0 Å². The summed E-state index contributed by atoms with van der Waals surface area (Å²) in [5.74, 6) is -1.17. The van der Waals surface area contributed by atoms with Crippen LogP contribution in [-0.4, -0.2) is 15.9 Å². The molecule has 0 bridgehead atoms. The van der Waals surface area contributed by atoms with Gasteiger partial charge in [0, 0.05) is 16.8 Å². The lowest BCUT2D eigenvalue weighted by Crippen LogP contribution is -2.13. The van der Waals surface area contributed by atoms with E-state index in [1.807, 2.05) is 0 Å². The van der Waals surface area contributed by atoms with E-state index >= 15 is 0 Å². The molecule has 0 aliphatic rings. The lowest BCUT2D eigenvalue weighted by molar-refractivity contribution is -0.385. The van der Waals surface area contributed by atoms with Crippen molar-refractivity contribution in [1.82, 2.24) is 0 Å². The second-order valence-electron chi connectivity index (χ2n) is 4.64. The molecule has 0 fully saturated rings. The van der Waals surface area contributed by atoms with E-state index in [0.29, 0.717) is 10.7 Å². The van der Waals surface area contributed by atoms with Crippen molar-refractivity contribution in [1.29, 1.82) is 5.26 Å². The van der Waals surface area contributed by atoms with Crippen LogP contribution in [0.5, 0.6) is 5.75 Å². The molecule has 0 saturated heterocycles. The smallest absolute Gasteiger partial charge is 0.311 e. The third-order valence-electron chi connectivity index (χ3n) is 2.97. The maximum absolute atomic E-state index is 12.1. The zero-order valence-electron chi connectivity index (χ0n) is 12.1. The SMILES string of the molecule is N#C/C(=C/c1ccc(O)c([N+](=O)[O-])c1)C(=O)Nc1ccc(Cl)cc1. The molecule has 24 heavy (non-hydrogen) atoms. The molecule has 1 amide bonds. The van der Waals surface area contributed by atoms with Crippen molar-refractivity contribution >= 4 is 35.0 Å². The fourth-order valence-electron chi connectivity index (χ4n) is 1.82. The van der Waals surface area contributed by atoms with Gasteiger partial charge in [0.1, 0.15) is 11.6 Å². The Morgan fingerprint density at radius 3 is 2.54 bits per heavy atom. The number of amides is 1. The van der Waals surface area contributed by atoms with E-state index in [1.54, 1.807) is 30.3 Å². The van der Waals surface area contributed by atoms with Crippen LogP contribution < -0.4 is 5.32 Å². The first-order chi connectivity index (χ1) is 11.4. The van der Waals surface area contributed by atoms with E-state index < -0.39 is 22.3 Å². The summed E-state index contributed by atoms with van der Waals surface area (Å²) in [6.07, 6.45) is 1.19. The highest BCUT2D eigenvalue weighted by atomic mass is 35.5. The van der Waals surface area contributed by atoms with Gasteiger partial charge in [-0.15, -0.1) is 0 Å². The monoisotopic (exact) mass is 343 g/mol. The first kappa shape index (κ1) is 17.0. The maximum Gasteiger partial charge on any atom is 0.311 e. The Kier molecular flexibility index (Phi) is 5.14. The molecule has 2 aromatic rings. The maximum atomic E-state index is 12.1. The van der Waals surface area contributed by atoms with Gasteiger partial charge in [0.25, 0.3) is 5.91 Å². The van der Waals surface area contributed by atoms with Gasteiger partial charge in [0.2, 0.25) is 0 Å². The van der Waals surface area contributed by atoms with Gasteiger partial charge < -0.3 is 10.4 Å². The number of benzene rings is 2. The Bertz CT molecular complexity index is 870. The number of aromatic hydroxyl groups is 1. The van der Waals surface area contributed by atoms with E-state index in [2.05, 4.69) is 5.32 Å². The summed E-state index contributed by atoms with van der Waals surface area (Å²) in [5, 5.41) is 32.4. The van der Waals surface area contributed by atoms with E-state index in [0.717, 1.165) is 12.1 Å². The summed E-state index contributed by atoms with van der Waals surface area (Å²) >= 11 is 5.75. The molecular formula is C16H10ClN3O4. The van der Waals surface area contributed by atoms with Gasteiger partial charge in [-0.2, -0.15) is 5.26 Å². The molecule has 2 aromatic carbocycles. The number of nitro benzene ring substituents is 1. The fraction of sp³-hybridized carbons (Fsp3) is 0. The molecule has 2 N–H and O–H groups in total. The van der Waals surface area contributed by atoms with Gasteiger partial charge in [-0.3, -0.25) is 14.9 Å². The molecule has 8 heteroatoms. The van der Waals surface area contributed by atoms with Crippen molar-refractivity contribution in [2.75, 3.05) is 5.32 Å². The van der Waals surface area contributed by atoms with E-state index in [-0.39, 0.29) is 11.1 Å². The zero-order valence-corrected chi connectivity index (χ0v) is 12.8. The highest BCUT2D eigenvalue weighted by molar-refractivity contribution is 6.30. The summed E-state index contributed by atoms with van der Waals surface area (Å²) in [6, 6.07) is 11.6. The highest BCUT2D eigenvalue weighted by Crippen LogP contribution is 2.27. The minimum atomic E-state index is -0.757. The normalized spacial score (nSPS) is 10.8. The number of phenolic OH excluding ortho intramolecular Hbond substituents is 1. The van der Waals surface area contributed by atoms with Crippen molar-refractivity contribution in [3.05, 3.63) is 68.7 Å². The van der Waals surface area contributed by atoms with Gasteiger partial charge >= 0.3 is 5.69 Å². The Hall–Kier alpha value is -3.37. The molecule has 120 valence electrons. The number of nitrogens with one attached hydrogen (secondary N) is 1. The van der Waals surface area contributed by atoms with E-state index in [1.165, 1.54) is 12.1 Å². The molecule has 7 nitrogen and oxygen atoms in total. The average molecular weight is 344 g/mol. The van der Waals surface area contributed by atoms with Crippen LogP contribution >= 0.6 is 11.6 Å². The second kappa shape index (κ2) is 7.26. The fourth-order valence-corrected chi connectivity index (χ4v) is 1.95. The second-order valence-corrected chi connectivity index (χ2v) is 5.07. The number of nitrogens with zero attached hydrogens (tertiary/aromatic N) is 2. The minimum Gasteiger partial charge on any atom is -0.502 e. The molecule has 0 atom stereocenters. The molecular weight excluding hydrogens is 334 g/mol. The lowest BCUT2D eigenvalue weighted by Gasteiger charge is -2.04. The molecule has 0 unspecified atom stereocenters. The van der Waals surface area contributed by atoms with E-state index in [4.69, 9.17) is 16.9 Å². The predicted molar refractivity (Wildman–Crippen MR) is 88.4 cm³/mol. The largest absolute Gasteiger partial charge is 0.502 e. The molecule has 0 radical (unpaired) electrons. The van der Waals surface area contributed by atoms with Crippen molar-refractivity contribution in [2.24, 2.45) is 0 Å². The number of hydrogen-bond acceptors (Lipinski definition) is 5. The predicted octanol–water partition coefficient (Wildman–Crippen LogP) is 3.50. The number of rotatable bonds is 4. The van der Waals surface area contributed by atoms with Gasteiger partial charge in [0.05, 0.1) is 4.92 Å². The number of carbonyl (C=O) groups is 1. The average Bonchev–Trinajstić information content (AvgIpc) is 2.55.